The number of rotatable bonds is 2. The summed E-state index contributed by atoms with van der Waals surface area (Å²) in [5.41, 5.74) is 2.61. The van der Waals surface area contributed by atoms with Gasteiger partial charge in [0.05, 0.1) is 6.04 Å². The lowest BCUT2D eigenvalue weighted by Crippen LogP contribution is -2.43. The Morgan fingerprint density at radius 2 is 1.96 bits per heavy atom. The summed E-state index contributed by atoms with van der Waals surface area (Å²) >= 11 is 0. The first kappa shape index (κ1) is 18.9. The minimum absolute atomic E-state index is 0.120. The third-order valence-corrected chi connectivity index (χ3v) is 6.15. The van der Waals surface area contributed by atoms with Gasteiger partial charge in [0.2, 0.25) is 0 Å². The largest absolute Gasteiger partial charge is 0.331 e. The van der Waals surface area contributed by atoms with Gasteiger partial charge in [-0.1, -0.05) is 6.07 Å². The van der Waals surface area contributed by atoms with Crippen LogP contribution in [0.5, 0.6) is 0 Å². The molecule has 28 heavy (non-hydrogen) atoms. The number of piperidine rings is 1. The number of pyridine rings is 1. The molecular formula is C22H26FN3O2. The molecule has 1 unspecified atom stereocenters. The number of benzene rings is 1. The summed E-state index contributed by atoms with van der Waals surface area (Å²) < 4.78 is 15.5. The van der Waals surface area contributed by atoms with Gasteiger partial charge < -0.3 is 14.8 Å². The maximum absolute atomic E-state index is 13.7. The highest BCUT2D eigenvalue weighted by Crippen LogP contribution is 2.31. The normalized spacial score (nSPS) is 20.1. The van der Waals surface area contributed by atoms with Crippen LogP contribution in [0.25, 0.3) is 0 Å². The van der Waals surface area contributed by atoms with Crippen molar-refractivity contribution in [2.45, 2.75) is 45.2 Å². The molecule has 1 aromatic carbocycles. The first-order valence-electron chi connectivity index (χ1n) is 9.99. The Bertz CT molecular complexity index is 963. The molecule has 0 spiro atoms. The highest BCUT2D eigenvalue weighted by atomic mass is 19.1. The summed E-state index contributed by atoms with van der Waals surface area (Å²) in [6.07, 6.45) is 4.24. The van der Waals surface area contributed by atoms with Gasteiger partial charge in [0, 0.05) is 18.8 Å². The van der Waals surface area contributed by atoms with Crippen LogP contribution in [0, 0.1) is 12.7 Å². The van der Waals surface area contributed by atoms with E-state index in [4.69, 9.17) is 0 Å². The maximum Gasteiger partial charge on any atom is 0.263 e. The summed E-state index contributed by atoms with van der Waals surface area (Å²) in [6.45, 7) is 5.99. The Balaban J connectivity index is 1.69. The van der Waals surface area contributed by atoms with Crippen molar-refractivity contribution in [3.63, 3.8) is 0 Å². The zero-order chi connectivity index (χ0) is 19.8. The Kier molecular flexibility index (Phi) is 5.06. The molecule has 1 amide bonds. The van der Waals surface area contributed by atoms with E-state index in [2.05, 4.69) is 5.32 Å². The topological polar surface area (TPSA) is 54.3 Å². The molecule has 5 nitrogen and oxygen atoms in total. The Morgan fingerprint density at radius 1 is 1.21 bits per heavy atom. The first-order valence-corrected chi connectivity index (χ1v) is 9.99. The Hall–Kier alpha value is -2.47. The van der Waals surface area contributed by atoms with Crippen molar-refractivity contribution in [3.8, 4) is 0 Å². The zero-order valence-corrected chi connectivity index (χ0v) is 16.4. The van der Waals surface area contributed by atoms with Crippen LogP contribution < -0.4 is 10.9 Å². The summed E-state index contributed by atoms with van der Waals surface area (Å²) in [5, 5.41) is 3.30. The highest BCUT2D eigenvalue weighted by molar-refractivity contribution is 5.95. The van der Waals surface area contributed by atoms with Gasteiger partial charge in [0.1, 0.15) is 11.4 Å². The molecule has 0 bridgehead atoms. The molecule has 3 heterocycles. The molecule has 1 aromatic heterocycles. The van der Waals surface area contributed by atoms with Crippen molar-refractivity contribution >= 4 is 5.91 Å². The van der Waals surface area contributed by atoms with Gasteiger partial charge in [-0.2, -0.15) is 0 Å². The minimum atomic E-state index is -0.302. The van der Waals surface area contributed by atoms with Crippen molar-refractivity contribution in [2.24, 2.45) is 0 Å². The fraction of sp³-hybridized carbons (Fsp3) is 0.455. The highest BCUT2D eigenvalue weighted by Gasteiger charge is 2.31. The van der Waals surface area contributed by atoms with Crippen LogP contribution >= 0.6 is 0 Å². The van der Waals surface area contributed by atoms with Crippen LogP contribution in [0.4, 0.5) is 4.39 Å². The molecule has 0 radical (unpaired) electrons. The van der Waals surface area contributed by atoms with E-state index in [0.717, 1.165) is 37.1 Å². The van der Waals surface area contributed by atoms with Gasteiger partial charge in [0.15, 0.2) is 0 Å². The molecule has 4 rings (SSSR count). The van der Waals surface area contributed by atoms with E-state index in [1.807, 2.05) is 26.1 Å². The van der Waals surface area contributed by atoms with Crippen molar-refractivity contribution in [3.05, 3.63) is 68.9 Å². The molecule has 148 valence electrons. The molecule has 1 fully saturated rings. The predicted molar refractivity (Wildman–Crippen MR) is 106 cm³/mol. The van der Waals surface area contributed by atoms with E-state index in [1.54, 1.807) is 15.5 Å². The van der Waals surface area contributed by atoms with Crippen LogP contribution in [0.1, 0.15) is 58.9 Å². The second-order valence-electron chi connectivity index (χ2n) is 7.84. The maximum atomic E-state index is 13.7. The molecule has 0 aliphatic carbocycles. The third-order valence-electron chi connectivity index (χ3n) is 6.15. The van der Waals surface area contributed by atoms with Gasteiger partial charge in [-0.25, -0.2) is 4.39 Å². The Labute approximate surface area is 164 Å². The van der Waals surface area contributed by atoms with Crippen molar-refractivity contribution in [1.82, 2.24) is 14.8 Å². The number of hydrogen-bond donors (Lipinski definition) is 1. The lowest BCUT2D eigenvalue weighted by molar-refractivity contribution is 0.0673. The SMILES string of the molecule is Cc1ccn(C2CCNCC2)c(=O)c1C(=O)N1CCc2ccc(F)cc2C1C. The summed E-state index contributed by atoms with van der Waals surface area (Å²) in [6, 6.07) is 6.47. The fourth-order valence-corrected chi connectivity index (χ4v) is 4.48. The van der Waals surface area contributed by atoms with Gasteiger partial charge in [-0.15, -0.1) is 0 Å². The van der Waals surface area contributed by atoms with Crippen LogP contribution in [-0.4, -0.2) is 35.0 Å². The molecule has 1 saturated heterocycles. The number of nitrogens with zero attached hydrogens (tertiary/aromatic N) is 2. The summed E-state index contributed by atoms with van der Waals surface area (Å²) in [4.78, 5) is 28.3. The molecule has 2 aliphatic rings. The number of aromatic nitrogens is 1. The second-order valence-corrected chi connectivity index (χ2v) is 7.84. The number of nitrogens with one attached hydrogen (secondary N) is 1. The van der Waals surface area contributed by atoms with Crippen LogP contribution in [-0.2, 0) is 6.42 Å². The van der Waals surface area contributed by atoms with E-state index < -0.39 is 0 Å². The molecule has 0 saturated carbocycles. The van der Waals surface area contributed by atoms with Crippen molar-refractivity contribution < 1.29 is 9.18 Å². The second kappa shape index (κ2) is 7.51. The van der Waals surface area contributed by atoms with E-state index in [0.29, 0.717) is 18.5 Å². The number of aryl methyl sites for hydroxylation is 1. The quantitative estimate of drug-likeness (QED) is 0.868. The van der Waals surface area contributed by atoms with Crippen molar-refractivity contribution in [1.29, 1.82) is 0 Å². The monoisotopic (exact) mass is 383 g/mol. The molecule has 6 heteroatoms. The first-order chi connectivity index (χ1) is 13.5. The molecule has 2 aromatic rings. The summed E-state index contributed by atoms with van der Waals surface area (Å²) in [5.74, 6) is -0.558. The number of hydrogen-bond acceptors (Lipinski definition) is 3. The van der Waals surface area contributed by atoms with Crippen molar-refractivity contribution in [2.75, 3.05) is 19.6 Å². The predicted octanol–water partition coefficient (Wildman–Crippen LogP) is 2.98. The standard InChI is InChI=1S/C22H26FN3O2/c1-14-7-11-26(18-5-9-24-10-6-18)22(28)20(14)21(27)25-12-8-16-3-4-17(23)13-19(16)15(25)2/h3-4,7,11,13,15,18,24H,5-6,8-10,12H2,1-2H3. The number of fused-ring (bicyclic) bond motifs is 1. The van der Waals surface area contributed by atoms with Gasteiger partial charge in [-0.05, 0) is 81.1 Å². The van der Waals surface area contributed by atoms with Gasteiger partial charge in [0.25, 0.3) is 11.5 Å². The van der Waals surface area contributed by atoms with Gasteiger partial charge >= 0.3 is 0 Å². The average molecular weight is 383 g/mol. The molecular weight excluding hydrogens is 357 g/mol. The van der Waals surface area contributed by atoms with E-state index in [1.165, 1.54) is 12.1 Å². The van der Waals surface area contributed by atoms with Crippen LogP contribution in [0.15, 0.2) is 35.3 Å². The lowest BCUT2D eigenvalue weighted by atomic mass is 9.92. The lowest BCUT2D eigenvalue weighted by Gasteiger charge is -2.35. The molecule has 1 N–H and O–H groups in total. The van der Waals surface area contributed by atoms with Crippen LogP contribution in [0.3, 0.4) is 0 Å². The molecule has 1 atom stereocenters. The number of amides is 1. The number of carbonyl (C=O) groups is 1. The third kappa shape index (κ3) is 3.26. The Morgan fingerprint density at radius 3 is 2.71 bits per heavy atom. The van der Waals surface area contributed by atoms with E-state index in [9.17, 15) is 14.0 Å². The zero-order valence-electron chi connectivity index (χ0n) is 16.4. The number of halogens is 1. The van der Waals surface area contributed by atoms with E-state index >= 15 is 0 Å². The smallest absolute Gasteiger partial charge is 0.263 e. The average Bonchev–Trinajstić information content (AvgIpc) is 2.69. The fourth-order valence-electron chi connectivity index (χ4n) is 4.48. The minimum Gasteiger partial charge on any atom is -0.331 e. The molecule has 2 aliphatic heterocycles. The summed E-state index contributed by atoms with van der Waals surface area (Å²) in [7, 11) is 0. The number of carbonyl (C=O) groups excluding carboxylic acids is 1. The van der Waals surface area contributed by atoms with Crippen LogP contribution in [0.2, 0.25) is 0 Å². The van der Waals surface area contributed by atoms with E-state index in [-0.39, 0.29) is 34.9 Å². The van der Waals surface area contributed by atoms with Gasteiger partial charge in [-0.3, -0.25) is 9.59 Å².